The van der Waals surface area contributed by atoms with Gasteiger partial charge in [0.2, 0.25) is 0 Å². The van der Waals surface area contributed by atoms with E-state index in [1.165, 1.54) is 31.0 Å². The maximum absolute atomic E-state index is 2.50. The minimum absolute atomic E-state index is 1.02. The summed E-state index contributed by atoms with van der Waals surface area (Å²) in [6, 6.07) is 0. The largest absolute Gasteiger partial charge is 0.306 e. The summed E-state index contributed by atoms with van der Waals surface area (Å²) in [7, 11) is 2.26. The van der Waals surface area contributed by atoms with Gasteiger partial charge >= 0.3 is 0 Å². The highest BCUT2D eigenvalue weighted by molar-refractivity contribution is 7.99. The Bertz CT molecular complexity index is 110. The van der Waals surface area contributed by atoms with Crippen molar-refractivity contribution in [3.05, 3.63) is 0 Å². The van der Waals surface area contributed by atoms with Gasteiger partial charge in [-0.1, -0.05) is 0 Å². The third kappa shape index (κ3) is 1.32. The lowest BCUT2D eigenvalue weighted by molar-refractivity contribution is 0.170. The number of hydrogen-bond donors (Lipinski definition) is 0. The normalized spacial score (nSPS) is 41.7. The van der Waals surface area contributed by atoms with Crippen LogP contribution < -0.4 is 0 Å². The maximum Gasteiger partial charge on any atom is 0.00147 e. The predicted molar refractivity (Wildman–Crippen MR) is 46.4 cm³/mol. The second kappa shape index (κ2) is 2.74. The van der Waals surface area contributed by atoms with Gasteiger partial charge in [0.1, 0.15) is 0 Å². The van der Waals surface area contributed by atoms with Crippen molar-refractivity contribution >= 4 is 11.8 Å². The van der Waals surface area contributed by atoms with Crippen molar-refractivity contribution < 1.29 is 0 Å². The van der Waals surface area contributed by atoms with Gasteiger partial charge in [-0.15, -0.1) is 0 Å². The molecule has 0 amide bonds. The average molecular weight is 157 g/mol. The van der Waals surface area contributed by atoms with Crippen LogP contribution in [-0.2, 0) is 0 Å². The van der Waals surface area contributed by atoms with Crippen molar-refractivity contribution in [3.63, 3.8) is 0 Å². The van der Waals surface area contributed by atoms with Crippen LogP contribution in [0.4, 0.5) is 0 Å². The maximum atomic E-state index is 2.50. The Balaban J connectivity index is 1.98. The Morgan fingerprint density at radius 1 is 1.20 bits per heavy atom. The zero-order valence-corrected chi connectivity index (χ0v) is 7.36. The van der Waals surface area contributed by atoms with E-state index in [0.29, 0.717) is 0 Å². The molecule has 2 unspecified atom stereocenters. The zero-order chi connectivity index (χ0) is 6.97. The number of nitrogens with zero attached hydrogens (tertiary/aromatic N) is 1. The first-order chi connectivity index (χ1) is 4.84. The molecule has 0 saturated carbocycles. The zero-order valence-electron chi connectivity index (χ0n) is 6.55. The second-order valence-electron chi connectivity index (χ2n) is 3.73. The van der Waals surface area contributed by atoms with Gasteiger partial charge in [-0.05, 0) is 36.8 Å². The topological polar surface area (TPSA) is 3.24 Å². The molecule has 2 aliphatic rings. The van der Waals surface area contributed by atoms with Crippen molar-refractivity contribution in [2.24, 2.45) is 11.8 Å². The van der Waals surface area contributed by atoms with Crippen molar-refractivity contribution in [2.75, 3.05) is 31.6 Å². The first-order valence-corrected chi connectivity index (χ1v) is 5.26. The van der Waals surface area contributed by atoms with E-state index < -0.39 is 0 Å². The lowest BCUT2D eigenvalue weighted by Gasteiger charge is -2.39. The van der Waals surface area contributed by atoms with Gasteiger partial charge in [-0.2, -0.15) is 11.8 Å². The predicted octanol–water partition coefficient (Wildman–Crippen LogP) is 1.30. The van der Waals surface area contributed by atoms with Crippen molar-refractivity contribution in [1.29, 1.82) is 0 Å². The molecule has 0 radical (unpaired) electrons. The van der Waals surface area contributed by atoms with E-state index in [0.717, 1.165) is 11.8 Å². The fourth-order valence-electron chi connectivity index (χ4n) is 2.22. The van der Waals surface area contributed by atoms with Crippen LogP contribution in [0.3, 0.4) is 0 Å². The molecule has 2 atom stereocenters. The van der Waals surface area contributed by atoms with Crippen LogP contribution in [0.15, 0.2) is 0 Å². The average Bonchev–Trinajstić information content (AvgIpc) is 1.85. The van der Waals surface area contributed by atoms with Crippen LogP contribution in [-0.4, -0.2) is 36.5 Å². The van der Waals surface area contributed by atoms with E-state index >= 15 is 0 Å². The van der Waals surface area contributed by atoms with E-state index in [-0.39, 0.29) is 0 Å². The third-order valence-electron chi connectivity index (χ3n) is 2.51. The standard InChI is InChI=1S/C8H15NS/c1-9-3-7-2-8(4-9)6-10-5-7/h7-8H,2-6H2,1H3. The van der Waals surface area contributed by atoms with Crippen LogP contribution in [0.2, 0.25) is 0 Å². The summed E-state index contributed by atoms with van der Waals surface area (Å²) in [6.45, 7) is 2.70. The first-order valence-electron chi connectivity index (χ1n) is 4.11. The Hall–Kier alpha value is 0.310. The number of rotatable bonds is 0. The van der Waals surface area contributed by atoms with Gasteiger partial charge in [0.15, 0.2) is 0 Å². The molecular weight excluding hydrogens is 142 g/mol. The highest BCUT2D eigenvalue weighted by Gasteiger charge is 2.28. The summed E-state index contributed by atoms with van der Waals surface area (Å²) in [6.07, 6.45) is 1.51. The van der Waals surface area contributed by atoms with Crippen LogP contribution in [0.25, 0.3) is 0 Å². The quantitative estimate of drug-likeness (QED) is 0.521. The van der Waals surface area contributed by atoms with Crippen LogP contribution in [0.1, 0.15) is 6.42 Å². The molecule has 0 aliphatic carbocycles. The highest BCUT2D eigenvalue weighted by Crippen LogP contribution is 2.31. The Morgan fingerprint density at radius 3 is 2.40 bits per heavy atom. The molecule has 2 saturated heterocycles. The minimum atomic E-state index is 1.02. The van der Waals surface area contributed by atoms with Crippen molar-refractivity contribution in [2.45, 2.75) is 6.42 Å². The third-order valence-corrected chi connectivity index (χ3v) is 3.93. The molecular formula is C8H15NS. The van der Waals surface area contributed by atoms with Gasteiger partial charge < -0.3 is 4.90 Å². The lowest BCUT2D eigenvalue weighted by Crippen LogP contribution is -2.42. The summed E-state index contributed by atoms with van der Waals surface area (Å²) in [5.74, 6) is 4.87. The molecule has 2 fully saturated rings. The molecule has 2 heterocycles. The number of fused-ring (bicyclic) bond motifs is 2. The molecule has 58 valence electrons. The second-order valence-corrected chi connectivity index (χ2v) is 4.80. The summed E-state index contributed by atoms with van der Waals surface area (Å²) in [5, 5.41) is 0. The first kappa shape index (κ1) is 6.99. The van der Waals surface area contributed by atoms with Crippen LogP contribution in [0, 0.1) is 11.8 Å². The fourth-order valence-corrected chi connectivity index (χ4v) is 3.51. The van der Waals surface area contributed by atoms with Gasteiger partial charge in [-0.3, -0.25) is 0 Å². The van der Waals surface area contributed by atoms with Crippen molar-refractivity contribution in [3.8, 4) is 0 Å². The monoisotopic (exact) mass is 157 g/mol. The molecule has 2 heteroatoms. The van der Waals surface area contributed by atoms with Gasteiger partial charge in [0.05, 0.1) is 0 Å². The fraction of sp³-hybridized carbons (Fsp3) is 1.00. The molecule has 2 rings (SSSR count). The Morgan fingerprint density at radius 2 is 1.80 bits per heavy atom. The molecule has 10 heavy (non-hydrogen) atoms. The van der Waals surface area contributed by atoms with Crippen molar-refractivity contribution in [1.82, 2.24) is 4.90 Å². The van der Waals surface area contributed by atoms with Gasteiger partial charge in [0.25, 0.3) is 0 Å². The SMILES string of the molecule is CN1CC2CSCC(C2)C1. The number of hydrogen-bond acceptors (Lipinski definition) is 2. The Labute approximate surface area is 67.2 Å². The molecule has 1 nitrogen and oxygen atoms in total. The van der Waals surface area contributed by atoms with Crippen LogP contribution in [0.5, 0.6) is 0 Å². The number of likely N-dealkylation sites (tertiary alicyclic amines) is 1. The molecule has 0 aromatic heterocycles. The van der Waals surface area contributed by atoms with E-state index in [1.54, 1.807) is 0 Å². The van der Waals surface area contributed by atoms with Gasteiger partial charge in [0, 0.05) is 13.1 Å². The van der Waals surface area contributed by atoms with E-state index in [1.807, 2.05) is 0 Å². The Kier molecular flexibility index (Phi) is 1.92. The van der Waals surface area contributed by atoms with E-state index in [4.69, 9.17) is 0 Å². The molecule has 2 bridgehead atoms. The molecule has 0 aromatic carbocycles. The van der Waals surface area contributed by atoms with Gasteiger partial charge in [-0.25, -0.2) is 0 Å². The molecule has 0 spiro atoms. The van der Waals surface area contributed by atoms with Crippen LogP contribution >= 0.6 is 11.8 Å². The molecule has 0 N–H and O–H groups in total. The summed E-state index contributed by atoms with van der Waals surface area (Å²) in [4.78, 5) is 2.50. The molecule has 2 aliphatic heterocycles. The molecule has 0 aromatic rings. The number of piperidine rings is 1. The summed E-state index contributed by atoms with van der Waals surface area (Å²) in [5.41, 5.74) is 0. The smallest absolute Gasteiger partial charge is 0.00147 e. The van der Waals surface area contributed by atoms with E-state index in [2.05, 4.69) is 23.7 Å². The minimum Gasteiger partial charge on any atom is -0.306 e. The van der Waals surface area contributed by atoms with E-state index in [9.17, 15) is 0 Å². The summed E-state index contributed by atoms with van der Waals surface area (Å²) < 4.78 is 0. The number of thioether (sulfide) groups is 1. The lowest BCUT2D eigenvalue weighted by atomic mass is 9.91. The highest BCUT2D eigenvalue weighted by atomic mass is 32.2. The summed E-state index contributed by atoms with van der Waals surface area (Å²) >= 11 is 2.16.